The maximum absolute atomic E-state index is 11.0. The Bertz CT molecular complexity index is 205. The van der Waals surface area contributed by atoms with E-state index in [1.54, 1.807) is 0 Å². The lowest BCUT2D eigenvalue weighted by Gasteiger charge is -2.05. The first kappa shape index (κ1) is 10.1. The van der Waals surface area contributed by atoms with Crippen molar-refractivity contribution in [3.63, 3.8) is 0 Å². The minimum Gasteiger partial charge on any atom is -0.463 e. The summed E-state index contributed by atoms with van der Waals surface area (Å²) in [6, 6.07) is 0. The summed E-state index contributed by atoms with van der Waals surface area (Å²) in [7, 11) is 0. The average Bonchev–Trinajstić information content (AvgIpc) is 2.52. The highest BCUT2D eigenvalue weighted by Crippen LogP contribution is 2.07. The molecule has 6 heteroatoms. The molecule has 1 fully saturated rings. The predicted octanol–water partition coefficient (Wildman–Crippen LogP) is 0.694. The van der Waals surface area contributed by atoms with Crippen molar-refractivity contribution in [2.24, 2.45) is 0 Å². The van der Waals surface area contributed by atoms with E-state index in [0.29, 0.717) is 12.3 Å². The molecule has 0 aromatic rings. The summed E-state index contributed by atoms with van der Waals surface area (Å²) < 4.78 is 13.6. The van der Waals surface area contributed by atoms with Gasteiger partial charge in [0.05, 0.1) is 6.61 Å². The summed E-state index contributed by atoms with van der Waals surface area (Å²) in [5.41, 5.74) is 0. The highest BCUT2D eigenvalue weighted by molar-refractivity contribution is 6.17. The van der Waals surface area contributed by atoms with Crippen LogP contribution in [0.5, 0.6) is 0 Å². The zero-order valence-electron chi connectivity index (χ0n) is 6.82. The summed E-state index contributed by atoms with van der Waals surface area (Å²) >= 11 is 5.37. The standard InChI is InChI=1S/C7H9ClO5/c8-2-1-3-11-6(9)5-4-12-7(10)13-5/h5H,1-4H2. The van der Waals surface area contributed by atoms with Crippen LogP contribution in [0.15, 0.2) is 0 Å². The van der Waals surface area contributed by atoms with Gasteiger partial charge in [-0.3, -0.25) is 0 Å². The van der Waals surface area contributed by atoms with Gasteiger partial charge in [-0.1, -0.05) is 0 Å². The van der Waals surface area contributed by atoms with Crippen molar-refractivity contribution in [1.29, 1.82) is 0 Å². The molecule has 1 aliphatic heterocycles. The molecule has 1 unspecified atom stereocenters. The predicted molar refractivity (Wildman–Crippen MR) is 42.5 cm³/mol. The number of cyclic esters (lactones) is 2. The zero-order valence-corrected chi connectivity index (χ0v) is 7.58. The first-order valence-electron chi connectivity index (χ1n) is 3.80. The lowest BCUT2D eigenvalue weighted by Crippen LogP contribution is -2.25. The normalized spacial score (nSPS) is 20.7. The van der Waals surface area contributed by atoms with Gasteiger partial charge in [-0.25, -0.2) is 9.59 Å². The number of halogens is 1. The second-order valence-electron chi connectivity index (χ2n) is 2.38. The number of carbonyl (C=O) groups is 2. The molecule has 0 aromatic heterocycles. The Kier molecular flexibility index (Phi) is 3.82. The van der Waals surface area contributed by atoms with Gasteiger partial charge in [0.15, 0.2) is 0 Å². The Morgan fingerprint density at radius 2 is 2.46 bits per heavy atom. The van der Waals surface area contributed by atoms with Gasteiger partial charge in [0.25, 0.3) is 0 Å². The van der Waals surface area contributed by atoms with Crippen LogP contribution in [0, 0.1) is 0 Å². The molecule has 1 saturated heterocycles. The van der Waals surface area contributed by atoms with Gasteiger partial charge in [-0.05, 0) is 6.42 Å². The molecule has 0 spiro atoms. The number of rotatable bonds is 4. The van der Waals surface area contributed by atoms with Gasteiger partial charge >= 0.3 is 12.1 Å². The number of carbonyl (C=O) groups excluding carboxylic acids is 2. The van der Waals surface area contributed by atoms with Crippen LogP contribution in [-0.2, 0) is 19.0 Å². The Balaban J connectivity index is 2.20. The van der Waals surface area contributed by atoms with Gasteiger partial charge in [0, 0.05) is 5.88 Å². The first-order chi connectivity index (χ1) is 6.24. The van der Waals surface area contributed by atoms with Gasteiger partial charge in [-0.2, -0.15) is 0 Å². The molecule has 0 aliphatic carbocycles. The average molecular weight is 209 g/mol. The van der Waals surface area contributed by atoms with E-state index in [4.69, 9.17) is 16.3 Å². The quantitative estimate of drug-likeness (QED) is 0.387. The van der Waals surface area contributed by atoms with E-state index in [0.717, 1.165) is 0 Å². The van der Waals surface area contributed by atoms with Crippen LogP contribution in [0.4, 0.5) is 4.79 Å². The number of esters is 1. The van der Waals surface area contributed by atoms with Crippen molar-refractivity contribution in [3.8, 4) is 0 Å². The van der Waals surface area contributed by atoms with Crippen LogP contribution < -0.4 is 0 Å². The maximum atomic E-state index is 11.0. The Labute approximate surface area is 79.9 Å². The van der Waals surface area contributed by atoms with E-state index in [9.17, 15) is 9.59 Å². The lowest BCUT2D eigenvalue weighted by molar-refractivity contribution is -0.151. The second kappa shape index (κ2) is 4.91. The Morgan fingerprint density at radius 1 is 1.69 bits per heavy atom. The fourth-order valence-electron chi connectivity index (χ4n) is 0.764. The molecule has 1 aliphatic rings. The molecule has 0 aromatic carbocycles. The first-order valence-corrected chi connectivity index (χ1v) is 4.33. The van der Waals surface area contributed by atoms with Crippen molar-refractivity contribution < 1.29 is 23.8 Å². The van der Waals surface area contributed by atoms with Crippen molar-refractivity contribution >= 4 is 23.7 Å². The van der Waals surface area contributed by atoms with Crippen molar-refractivity contribution in [1.82, 2.24) is 0 Å². The Hall–Kier alpha value is -0.970. The molecular weight excluding hydrogens is 200 g/mol. The van der Waals surface area contributed by atoms with Gasteiger partial charge in [0.2, 0.25) is 6.10 Å². The van der Waals surface area contributed by atoms with E-state index < -0.39 is 18.2 Å². The van der Waals surface area contributed by atoms with E-state index in [1.807, 2.05) is 0 Å². The fourth-order valence-corrected chi connectivity index (χ4v) is 0.873. The third-order valence-corrected chi connectivity index (χ3v) is 1.64. The molecule has 0 amide bonds. The molecule has 0 radical (unpaired) electrons. The highest BCUT2D eigenvalue weighted by Gasteiger charge is 2.32. The highest BCUT2D eigenvalue weighted by atomic mass is 35.5. The van der Waals surface area contributed by atoms with Crippen LogP contribution in [-0.4, -0.2) is 37.3 Å². The molecular formula is C7H9ClO5. The summed E-state index contributed by atoms with van der Waals surface area (Å²) in [6.07, 6.45) is -1.17. The molecule has 13 heavy (non-hydrogen) atoms. The SMILES string of the molecule is O=C1OCC(C(=O)OCCCCl)O1. The van der Waals surface area contributed by atoms with Crippen molar-refractivity contribution in [2.75, 3.05) is 19.1 Å². The molecule has 0 saturated carbocycles. The summed E-state index contributed by atoms with van der Waals surface area (Å²) in [5.74, 6) is -0.162. The molecule has 0 bridgehead atoms. The van der Waals surface area contributed by atoms with Gasteiger partial charge in [0.1, 0.15) is 6.61 Å². The van der Waals surface area contributed by atoms with Crippen LogP contribution in [0.25, 0.3) is 0 Å². The molecule has 74 valence electrons. The number of hydrogen-bond donors (Lipinski definition) is 0. The summed E-state index contributed by atoms with van der Waals surface area (Å²) in [6.45, 7) is 0.162. The topological polar surface area (TPSA) is 61.8 Å². The second-order valence-corrected chi connectivity index (χ2v) is 2.76. The van der Waals surface area contributed by atoms with Crippen molar-refractivity contribution in [3.05, 3.63) is 0 Å². The molecule has 1 atom stereocenters. The smallest absolute Gasteiger partial charge is 0.463 e. The largest absolute Gasteiger partial charge is 0.509 e. The molecule has 1 rings (SSSR count). The summed E-state index contributed by atoms with van der Waals surface area (Å²) in [5, 5.41) is 0. The van der Waals surface area contributed by atoms with E-state index >= 15 is 0 Å². The van der Waals surface area contributed by atoms with Crippen LogP contribution in [0.3, 0.4) is 0 Å². The van der Waals surface area contributed by atoms with E-state index in [1.165, 1.54) is 0 Å². The number of alkyl halides is 1. The summed E-state index contributed by atoms with van der Waals surface area (Å²) in [4.78, 5) is 21.5. The third kappa shape index (κ3) is 3.10. The van der Waals surface area contributed by atoms with Crippen LogP contribution in [0.1, 0.15) is 6.42 Å². The van der Waals surface area contributed by atoms with Crippen LogP contribution >= 0.6 is 11.6 Å². The van der Waals surface area contributed by atoms with Crippen LogP contribution in [0.2, 0.25) is 0 Å². The molecule has 0 N–H and O–H groups in total. The fraction of sp³-hybridized carbons (Fsp3) is 0.714. The Morgan fingerprint density at radius 3 is 3.00 bits per heavy atom. The van der Waals surface area contributed by atoms with Crippen molar-refractivity contribution in [2.45, 2.75) is 12.5 Å². The third-order valence-electron chi connectivity index (χ3n) is 1.38. The zero-order chi connectivity index (χ0) is 9.68. The minimum atomic E-state index is -0.914. The van der Waals surface area contributed by atoms with Gasteiger partial charge in [-0.15, -0.1) is 11.6 Å². The molecule has 1 heterocycles. The number of hydrogen-bond acceptors (Lipinski definition) is 5. The molecule has 5 nitrogen and oxygen atoms in total. The van der Waals surface area contributed by atoms with Gasteiger partial charge < -0.3 is 14.2 Å². The lowest BCUT2D eigenvalue weighted by atomic mass is 10.4. The van der Waals surface area contributed by atoms with E-state index in [2.05, 4.69) is 9.47 Å². The number of ether oxygens (including phenoxy) is 3. The van der Waals surface area contributed by atoms with E-state index in [-0.39, 0.29) is 13.2 Å². The minimum absolute atomic E-state index is 0.0709. The maximum Gasteiger partial charge on any atom is 0.509 e. The monoisotopic (exact) mass is 208 g/mol.